The molecule has 0 aromatic carbocycles. The molecule has 0 amide bonds. The van der Waals surface area contributed by atoms with E-state index in [9.17, 15) is 0 Å². The Morgan fingerprint density at radius 1 is 0.840 bits per heavy atom. The Balaban J connectivity index is 0.00000277. The molecule has 1 heterocycles. The van der Waals surface area contributed by atoms with Gasteiger partial charge in [-0.25, -0.2) is 5.90 Å². The molecule has 3 N–H and O–H groups in total. The molecule has 0 bridgehead atoms. The van der Waals surface area contributed by atoms with Crippen molar-refractivity contribution in [1.82, 2.24) is 4.90 Å². The molecule has 25 heavy (non-hydrogen) atoms. The van der Waals surface area contributed by atoms with Gasteiger partial charge in [-0.15, -0.1) is 0 Å². The summed E-state index contributed by atoms with van der Waals surface area (Å²) >= 11 is 0. The van der Waals surface area contributed by atoms with Crippen molar-refractivity contribution in [2.75, 3.05) is 19.6 Å². The van der Waals surface area contributed by atoms with E-state index in [0.717, 1.165) is 13.1 Å². The van der Waals surface area contributed by atoms with Gasteiger partial charge in [-0.05, 0) is 32.1 Å². The Bertz CT molecular complexity index is 306. The maximum absolute atomic E-state index is 6.50. The Hall–Kier alpha value is -0.870. The van der Waals surface area contributed by atoms with Crippen molar-refractivity contribution in [3.05, 3.63) is 12.2 Å². The van der Waals surface area contributed by atoms with E-state index < -0.39 is 0 Å². The number of nitrogens with two attached hydrogens (primary N) is 1. The van der Waals surface area contributed by atoms with Gasteiger partial charge in [-0.1, -0.05) is 76.9 Å². The van der Waals surface area contributed by atoms with E-state index in [2.05, 4.69) is 34.9 Å². The van der Waals surface area contributed by atoms with Gasteiger partial charge in [0.25, 0.3) is 0 Å². The Kier molecular flexibility index (Phi) is 20.4. The molecule has 0 aromatic heterocycles. The van der Waals surface area contributed by atoms with Crippen LogP contribution in [0.15, 0.2) is 17.1 Å². The second-order valence-corrected chi connectivity index (χ2v) is 7.00. The van der Waals surface area contributed by atoms with Crippen LogP contribution in [0.3, 0.4) is 0 Å². The van der Waals surface area contributed by atoms with Gasteiger partial charge in [0.15, 0.2) is 0 Å². The average Bonchev–Trinajstić information content (AvgIpc) is 3.16. The van der Waals surface area contributed by atoms with Gasteiger partial charge >= 0.3 is 0 Å². The highest BCUT2D eigenvalue weighted by molar-refractivity contribution is 5.56. The molecule has 1 rings (SSSR count). The van der Waals surface area contributed by atoms with Crippen molar-refractivity contribution < 1.29 is 5.21 Å². The second-order valence-electron chi connectivity index (χ2n) is 7.00. The maximum Gasteiger partial charge on any atom is 0.0851 e. The van der Waals surface area contributed by atoms with E-state index in [4.69, 9.17) is 5.21 Å². The predicted molar refractivity (Wildman–Crippen MR) is 110 cm³/mol. The van der Waals surface area contributed by atoms with Gasteiger partial charge in [0.05, 0.1) is 12.9 Å². The largest absolute Gasteiger partial charge is 0.361 e. The molecule has 1 aliphatic heterocycles. The van der Waals surface area contributed by atoms with E-state index in [0.29, 0.717) is 0 Å². The monoisotopic (exact) mass is 353 g/mol. The van der Waals surface area contributed by atoms with Gasteiger partial charge in [0, 0.05) is 13.1 Å². The van der Waals surface area contributed by atoms with Crippen LogP contribution in [0.5, 0.6) is 0 Å². The van der Waals surface area contributed by atoms with Crippen LogP contribution in [0.25, 0.3) is 0 Å². The number of aliphatic imine (C=N–C) groups is 1. The molecule has 0 unspecified atom stereocenters. The van der Waals surface area contributed by atoms with Crippen LogP contribution in [-0.2, 0) is 0 Å². The van der Waals surface area contributed by atoms with E-state index in [1.54, 1.807) is 0 Å². The normalized spacial score (nSPS) is 13.5. The van der Waals surface area contributed by atoms with Crippen LogP contribution in [0.4, 0.5) is 0 Å². The summed E-state index contributed by atoms with van der Waals surface area (Å²) in [5.41, 5.74) is 0. The number of allylic oxidation sites excluding steroid dienone is 2. The highest BCUT2D eigenvalue weighted by Crippen LogP contribution is 2.10. The SMILES string of the molecule is CCCCCCCC/C=C\CCCCCCCCN1C=NCC1.NO. The van der Waals surface area contributed by atoms with Crippen LogP contribution in [0.2, 0.25) is 0 Å². The molecule has 4 nitrogen and oxygen atoms in total. The molecule has 0 fully saturated rings. The molecule has 1 aliphatic rings. The van der Waals surface area contributed by atoms with Crippen LogP contribution >= 0.6 is 0 Å². The van der Waals surface area contributed by atoms with E-state index in [1.165, 1.54) is 96.4 Å². The number of nitrogens with zero attached hydrogens (tertiary/aromatic N) is 2. The van der Waals surface area contributed by atoms with Crippen molar-refractivity contribution in [2.24, 2.45) is 10.9 Å². The first-order valence-corrected chi connectivity index (χ1v) is 10.6. The molecule has 0 aliphatic carbocycles. The van der Waals surface area contributed by atoms with Crippen molar-refractivity contribution >= 4 is 6.34 Å². The summed E-state index contributed by atoms with van der Waals surface area (Å²) in [5.74, 6) is 3.50. The number of hydrogen-bond donors (Lipinski definition) is 2. The van der Waals surface area contributed by atoms with Crippen LogP contribution in [0, 0.1) is 0 Å². The Labute approximate surface area is 156 Å². The summed E-state index contributed by atoms with van der Waals surface area (Å²) in [4.78, 5) is 6.61. The zero-order chi connectivity index (χ0) is 18.4. The third kappa shape index (κ3) is 17.7. The molecule has 0 spiro atoms. The number of rotatable bonds is 16. The van der Waals surface area contributed by atoms with Crippen molar-refractivity contribution in [1.29, 1.82) is 0 Å². The van der Waals surface area contributed by atoms with Gasteiger partial charge in [-0.2, -0.15) is 0 Å². The lowest BCUT2D eigenvalue weighted by Gasteiger charge is -2.12. The first-order valence-electron chi connectivity index (χ1n) is 10.6. The average molecular weight is 354 g/mol. The molecule has 148 valence electrons. The fraction of sp³-hybridized carbons (Fsp3) is 0.857. The van der Waals surface area contributed by atoms with Crippen LogP contribution in [0.1, 0.15) is 96.8 Å². The van der Waals surface area contributed by atoms with Gasteiger partial charge in [0.1, 0.15) is 0 Å². The van der Waals surface area contributed by atoms with E-state index in [1.807, 2.05) is 6.34 Å². The minimum Gasteiger partial charge on any atom is -0.361 e. The van der Waals surface area contributed by atoms with Gasteiger partial charge in [-0.3, -0.25) is 4.99 Å². The topological polar surface area (TPSA) is 61.8 Å². The molecule has 0 saturated carbocycles. The molecular formula is C21H43N3O. The van der Waals surface area contributed by atoms with E-state index in [-0.39, 0.29) is 0 Å². The summed E-state index contributed by atoms with van der Waals surface area (Å²) in [6.45, 7) is 5.65. The minimum absolute atomic E-state index is 1.01. The Morgan fingerprint density at radius 3 is 1.88 bits per heavy atom. The van der Waals surface area contributed by atoms with E-state index >= 15 is 0 Å². The fourth-order valence-corrected chi connectivity index (χ4v) is 3.15. The first-order chi connectivity index (χ1) is 12.4. The highest BCUT2D eigenvalue weighted by Gasteiger charge is 2.03. The number of hydrogen-bond acceptors (Lipinski definition) is 4. The van der Waals surface area contributed by atoms with Crippen molar-refractivity contribution in [3.8, 4) is 0 Å². The summed E-state index contributed by atoms with van der Waals surface area (Å²) in [5, 5.41) is 6.50. The van der Waals surface area contributed by atoms with Gasteiger partial charge < -0.3 is 10.1 Å². The lowest BCUT2D eigenvalue weighted by atomic mass is 10.1. The zero-order valence-corrected chi connectivity index (χ0v) is 16.7. The molecular weight excluding hydrogens is 310 g/mol. The molecule has 4 heteroatoms. The van der Waals surface area contributed by atoms with Crippen LogP contribution < -0.4 is 5.90 Å². The number of unbranched alkanes of at least 4 members (excludes halogenated alkanes) is 12. The first kappa shape index (κ1) is 24.1. The molecule has 0 aromatic rings. The lowest BCUT2D eigenvalue weighted by molar-refractivity contribution is 0.311. The fourth-order valence-electron chi connectivity index (χ4n) is 3.15. The standard InChI is InChI=1S/C21H40N2.H3NO/c1-2-3-4-5-6-7-8-9-10-11-12-13-14-15-16-17-19-23-20-18-22-21-23;1-2/h9-10,21H,2-8,11-20H2,1H3;2H,1H2/b10-9-;. The third-order valence-corrected chi connectivity index (χ3v) is 4.72. The molecule has 0 saturated heterocycles. The predicted octanol–water partition coefficient (Wildman–Crippen LogP) is 5.70. The quantitative estimate of drug-likeness (QED) is 0.212. The van der Waals surface area contributed by atoms with Crippen molar-refractivity contribution in [3.63, 3.8) is 0 Å². The summed E-state index contributed by atoms with van der Waals surface area (Å²) in [7, 11) is 0. The maximum atomic E-state index is 6.50. The van der Waals surface area contributed by atoms with Crippen LogP contribution in [-0.4, -0.2) is 36.1 Å². The summed E-state index contributed by atoms with van der Waals surface area (Å²) in [6.07, 6.45) is 26.2. The Morgan fingerprint density at radius 2 is 1.36 bits per heavy atom. The molecule has 0 radical (unpaired) electrons. The lowest BCUT2D eigenvalue weighted by Crippen LogP contribution is -2.20. The third-order valence-electron chi connectivity index (χ3n) is 4.72. The highest BCUT2D eigenvalue weighted by atomic mass is 16.4. The smallest absolute Gasteiger partial charge is 0.0851 e. The minimum atomic E-state index is 1.01. The molecule has 0 atom stereocenters. The van der Waals surface area contributed by atoms with Crippen molar-refractivity contribution in [2.45, 2.75) is 96.8 Å². The van der Waals surface area contributed by atoms with Gasteiger partial charge in [0.2, 0.25) is 0 Å². The zero-order valence-electron chi connectivity index (χ0n) is 16.7. The summed E-state index contributed by atoms with van der Waals surface area (Å²) in [6, 6.07) is 0. The second kappa shape index (κ2) is 21.2. The summed E-state index contributed by atoms with van der Waals surface area (Å²) < 4.78 is 0.